The standard InChI is InChI=1S/C27H38N2O3S/c1-3-5-6-10-14-25(30)28(17-11-19-32-4-2)21-26(31)29-18-15-24-23(16-20-33-24)27(29)22-12-8-7-9-13-22/h7-9,12-13,16,20,27H,3-6,10-11,14-15,17-19,21H2,1-2H3. The molecule has 0 N–H and O–H groups in total. The first-order chi connectivity index (χ1) is 16.2. The van der Waals surface area contributed by atoms with Crippen molar-refractivity contribution < 1.29 is 14.3 Å². The summed E-state index contributed by atoms with van der Waals surface area (Å²) < 4.78 is 5.47. The Hall–Kier alpha value is -2.18. The van der Waals surface area contributed by atoms with Crippen LogP contribution in [0.15, 0.2) is 41.8 Å². The molecule has 0 bridgehead atoms. The molecule has 1 aromatic carbocycles. The number of unbranched alkanes of at least 4 members (excludes halogenated alkanes) is 3. The Bertz CT molecular complexity index is 867. The van der Waals surface area contributed by atoms with Crippen LogP contribution in [0.3, 0.4) is 0 Å². The molecule has 2 amide bonds. The Morgan fingerprint density at radius 2 is 1.91 bits per heavy atom. The van der Waals surface area contributed by atoms with Crippen LogP contribution in [0.1, 0.15) is 74.4 Å². The average molecular weight is 471 g/mol. The SMILES string of the molecule is CCCCCCC(=O)N(CCCOCC)CC(=O)N1CCc2sccc2C1c1ccccc1. The Morgan fingerprint density at radius 1 is 1.09 bits per heavy atom. The molecule has 1 atom stereocenters. The Morgan fingerprint density at radius 3 is 2.67 bits per heavy atom. The maximum atomic E-state index is 13.6. The summed E-state index contributed by atoms with van der Waals surface area (Å²) in [6.45, 7) is 6.80. The number of hydrogen-bond acceptors (Lipinski definition) is 4. The van der Waals surface area contributed by atoms with Crippen LogP contribution >= 0.6 is 11.3 Å². The Balaban J connectivity index is 1.72. The number of nitrogens with zero attached hydrogens (tertiary/aromatic N) is 2. The summed E-state index contributed by atoms with van der Waals surface area (Å²) in [6, 6.07) is 12.3. The molecule has 0 saturated heterocycles. The molecule has 2 aromatic rings. The van der Waals surface area contributed by atoms with E-state index in [1.54, 1.807) is 16.2 Å². The summed E-state index contributed by atoms with van der Waals surface area (Å²) in [5.74, 6) is 0.111. The fraction of sp³-hybridized carbons (Fsp3) is 0.556. The van der Waals surface area contributed by atoms with Gasteiger partial charge in [0.2, 0.25) is 11.8 Å². The zero-order valence-electron chi connectivity index (χ0n) is 20.1. The van der Waals surface area contributed by atoms with E-state index in [0.29, 0.717) is 32.7 Å². The number of carbonyl (C=O) groups is 2. The van der Waals surface area contributed by atoms with Crippen molar-refractivity contribution in [3.8, 4) is 0 Å². The molecule has 180 valence electrons. The number of carbonyl (C=O) groups excluding carboxylic acids is 2. The smallest absolute Gasteiger partial charge is 0.242 e. The van der Waals surface area contributed by atoms with E-state index in [2.05, 4.69) is 30.5 Å². The van der Waals surface area contributed by atoms with Crippen molar-refractivity contribution in [3.05, 3.63) is 57.8 Å². The Labute approximate surface area is 202 Å². The predicted octanol–water partition coefficient (Wildman–Crippen LogP) is 5.45. The highest BCUT2D eigenvalue weighted by Gasteiger charge is 2.33. The third-order valence-corrected chi connectivity index (χ3v) is 7.24. The number of hydrogen-bond donors (Lipinski definition) is 0. The molecule has 2 heterocycles. The van der Waals surface area contributed by atoms with Crippen LogP contribution in [-0.4, -0.2) is 54.5 Å². The first kappa shape index (κ1) is 25.4. The maximum Gasteiger partial charge on any atom is 0.242 e. The monoisotopic (exact) mass is 470 g/mol. The van der Waals surface area contributed by atoms with Gasteiger partial charge >= 0.3 is 0 Å². The van der Waals surface area contributed by atoms with E-state index in [1.807, 2.05) is 30.0 Å². The summed E-state index contributed by atoms with van der Waals surface area (Å²) >= 11 is 1.77. The molecule has 0 radical (unpaired) electrons. The predicted molar refractivity (Wildman–Crippen MR) is 134 cm³/mol. The first-order valence-corrected chi connectivity index (χ1v) is 13.3. The second kappa shape index (κ2) is 13.5. The highest BCUT2D eigenvalue weighted by atomic mass is 32.1. The van der Waals surface area contributed by atoms with Gasteiger partial charge in [-0.05, 0) is 48.8 Å². The molecular weight excluding hydrogens is 432 g/mol. The number of ether oxygens (including phenoxy) is 1. The Kier molecular flexibility index (Phi) is 10.4. The van der Waals surface area contributed by atoms with Crippen LogP contribution in [0, 0.1) is 0 Å². The highest BCUT2D eigenvalue weighted by molar-refractivity contribution is 7.10. The van der Waals surface area contributed by atoms with Gasteiger partial charge in [-0.3, -0.25) is 9.59 Å². The van der Waals surface area contributed by atoms with Crippen molar-refractivity contribution in [2.45, 2.75) is 64.8 Å². The summed E-state index contributed by atoms with van der Waals surface area (Å²) in [4.78, 5) is 31.7. The van der Waals surface area contributed by atoms with Gasteiger partial charge in [0.1, 0.15) is 0 Å². The highest BCUT2D eigenvalue weighted by Crippen LogP contribution is 2.37. The maximum absolute atomic E-state index is 13.6. The van der Waals surface area contributed by atoms with Crippen molar-refractivity contribution in [1.29, 1.82) is 0 Å². The van der Waals surface area contributed by atoms with Gasteiger partial charge in [-0.15, -0.1) is 11.3 Å². The molecule has 1 aliphatic heterocycles. The molecule has 1 aliphatic rings. The minimum atomic E-state index is -0.0846. The zero-order chi connectivity index (χ0) is 23.5. The molecule has 0 spiro atoms. The lowest BCUT2D eigenvalue weighted by molar-refractivity contribution is -0.142. The third-order valence-electron chi connectivity index (χ3n) is 6.25. The van der Waals surface area contributed by atoms with Crippen LogP contribution in [0.2, 0.25) is 0 Å². The number of amides is 2. The van der Waals surface area contributed by atoms with Crippen LogP contribution < -0.4 is 0 Å². The zero-order valence-corrected chi connectivity index (χ0v) is 20.9. The van der Waals surface area contributed by atoms with Crippen molar-refractivity contribution in [3.63, 3.8) is 0 Å². The second-order valence-electron chi connectivity index (χ2n) is 8.63. The number of benzene rings is 1. The molecule has 5 nitrogen and oxygen atoms in total. The van der Waals surface area contributed by atoms with E-state index < -0.39 is 0 Å². The van der Waals surface area contributed by atoms with E-state index >= 15 is 0 Å². The van der Waals surface area contributed by atoms with Gasteiger partial charge in [0.25, 0.3) is 0 Å². The van der Waals surface area contributed by atoms with Gasteiger partial charge in [0.15, 0.2) is 0 Å². The lowest BCUT2D eigenvalue weighted by atomic mass is 9.93. The quantitative estimate of drug-likeness (QED) is 0.366. The van der Waals surface area contributed by atoms with Gasteiger partial charge in [0, 0.05) is 37.6 Å². The van der Waals surface area contributed by atoms with E-state index in [1.165, 1.54) is 10.4 Å². The van der Waals surface area contributed by atoms with Crippen molar-refractivity contribution >= 4 is 23.2 Å². The molecule has 0 aliphatic carbocycles. The van der Waals surface area contributed by atoms with E-state index in [4.69, 9.17) is 4.74 Å². The van der Waals surface area contributed by atoms with Crippen molar-refractivity contribution in [2.75, 3.05) is 32.8 Å². The second-order valence-corrected chi connectivity index (χ2v) is 9.63. The van der Waals surface area contributed by atoms with E-state index in [-0.39, 0.29) is 24.4 Å². The number of rotatable bonds is 13. The summed E-state index contributed by atoms with van der Waals surface area (Å²) in [5, 5.41) is 2.12. The lowest BCUT2D eigenvalue weighted by Gasteiger charge is -2.37. The largest absolute Gasteiger partial charge is 0.382 e. The van der Waals surface area contributed by atoms with Gasteiger partial charge in [-0.1, -0.05) is 56.5 Å². The number of thiophene rings is 1. The normalized spacial score (nSPS) is 15.3. The molecule has 6 heteroatoms. The summed E-state index contributed by atoms with van der Waals surface area (Å²) in [5.41, 5.74) is 2.35. The topological polar surface area (TPSA) is 49.9 Å². The molecule has 0 fully saturated rings. The number of fused-ring (bicyclic) bond motifs is 1. The van der Waals surface area contributed by atoms with Gasteiger partial charge in [-0.2, -0.15) is 0 Å². The van der Waals surface area contributed by atoms with Crippen molar-refractivity contribution in [1.82, 2.24) is 9.80 Å². The van der Waals surface area contributed by atoms with Crippen LogP contribution in [0.5, 0.6) is 0 Å². The lowest BCUT2D eigenvalue weighted by Crippen LogP contribution is -2.47. The molecule has 1 aromatic heterocycles. The average Bonchev–Trinajstić information content (AvgIpc) is 3.32. The fourth-order valence-corrected chi connectivity index (χ4v) is 5.39. The molecular formula is C27H38N2O3S. The van der Waals surface area contributed by atoms with E-state index in [9.17, 15) is 9.59 Å². The first-order valence-electron chi connectivity index (χ1n) is 12.4. The van der Waals surface area contributed by atoms with Crippen molar-refractivity contribution in [2.24, 2.45) is 0 Å². The third kappa shape index (κ3) is 7.15. The minimum Gasteiger partial charge on any atom is -0.382 e. The molecule has 3 rings (SSSR count). The molecule has 0 saturated carbocycles. The van der Waals surface area contributed by atoms with E-state index in [0.717, 1.165) is 44.1 Å². The minimum absolute atomic E-state index is 0.0269. The summed E-state index contributed by atoms with van der Waals surface area (Å²) in [6.07, 6.45) is 6.37. The van der Waals surface area contributed by atoms with Crippen LogP contribution in [0.25, 0.3) is 0 Å². The van der Waals surface area contributed by atoms with Crippen LogP contribution in [-0.2, 0) is 20.7 Å². The van der Waals surface area contributed by atoms with Crippen LogP contribution in [0.4, 0.5) is 0 Å². The fourth-order valence-electron chi connectivity index (χ4n) is 4.49. The summed E-state index contributed by atoms with van der Waals surface area (Å²) in [7, 11) is 0. The molecule has 33 heavy (non-hydrogen) atoms. The van der Waals surface area contributed by atoms with Gasteiger partial charge in [0.05, 0.1) is 12.6 Å². The molecule has 1 unspecified atom stereocenters. The van der Waals surface area contributed by atoms with Gasteiger partial charge in [-0.25, -0.2) is 0 Å². The van der Waals surface area contributed by atoms with Gasteiger partial charge < -0.3 is 14.5 Å².